The van der Waals surface area contributed by atoms with E-state index < -0.39 is 0 Å². The number of nitrogens with one attached hydrogen (secondary N) is 1. The maximum absolute atomic E-state index is 5.49. The average molecular weight is 231 g/mol. The van der Waals surface area contributed by atoms with E-state index in [0.29, 0.717) is 6.04 Å². The second-order valence-corrected chi connectivity index (χ2v) is 5.49. The number of ether oxygens (including phenoxy) is 1. The summed E-state index contributed by atoms with van der Waals surface area (Å²) in [7, 11) is 0. The Labute approximate surface area is 98.5 Å². The summed E-state index contributed by atoms with van der Waals surface area (Å²) in [6, 6.07) is 0.542. The number of thioether (sulfide) groups is 1. The maximum Gasteiger partial charge on any atom is 0.0627 e. The Bertz CT molecular complexity index is 149. The first kappa shape index (κ1) is 13.3. The summed E-state index contributed by atoms with van der Waals surface area (Å²) in [4.78, 5) is 0. The zero-order valence-electron chi connectivity index (χ0n) is 10.1. The van der Waals surface area contributed by atoms with Crippen molar-refractivity contribution in [2.45, 2.75) is 50.8 Å². The summed E-state index contributed by atoms with van der Waals surface area (Å²) in [6.07, 6.45) is 5.74. The zero-order chi connectivity index (χ0) is 10.9. The molecule has 1 fully saturated rings. The zero-order valence-corrected chi connectivity index (χ0v) is 10.9. The fourth-order valence-corrected chi connectivity index (χ4v) is 3.41. The minimum atomic E-state index is 0.542. The van der Waals surface area contributed by atoms with E-state index in [1.54, 1.807) is 0 Å². The van der Waals surface area contributed by atoms with Gasteiger partial charge in [-0.3, -0.25) is 0 Å². The van der Waals surface area contributed by atoms with E-state index in [1.165, 1.54) is 31.4 Å². The quantitative estimate of drug-likeness (QED) is 0.694. The Morgan fingerprint density at radius 2 is 2.07 bits per heavy atom. The van der Waals surface area contributed by atoms with E-state index >= 15 is 0 Å². The fraction of sp³-hybridized carbons (Fsp3) is 1.00. The predicted molar refractivity (Wildman–Crippen MR) is 68.7 cm³/mol. The molecule has 1 unspecified atom stereocenters. The molecule has 2 nitrogen and oxygen atoms in total. The van der Waals surface area contributed by atoms with E-state index in [9.17, 15) is 0 Å². The molecule has 3 heteroatoms. The van der Waals surface area contributed by atoms with Crippen LogP contribution < -0.4 is 5.32 Å². The monoisotopic (exact) mass is 231 g/mol. The molecule has 0 saturated heterocycles. The van der Waals surface area contributed by atoms with Crippen molar-refractivity contribution >= 4 is 11.8 Å². The van der Waals surface area contributed by atoms with Crippen molar-refractivity contribution in [1.29, 1.82) is 0 Å². The third kappa shape index (κ3) is 5.79. The van der Waals surface area contributed by atoms with Crippen molar-refractivity contribution in [1.82, 2.24) is 5.32 Å². The van der Waals surface area contributed by atoms with Gasteiger partial charge in [0.15, 0.2) is 0 Å². The summed E-state index contributed by atoms with van der Waals surface area (Å²) in [5.41, 5.74) is 0. The van der Waals surface area contributed by atoms with Gasteiger partial charge in [0, 0.05) is 23.7 Å². The molecule has 0 heterocycles. The highest BCUT2D eigenvalue weighted by molar-refractivity contribution is 7.99. The molecule has 0 radical (unpaired) electrons. The molecule has 1 atom stereocenters. The lowest BCUT2D eigenvalue weighted by atomic mass is 10.3. The molecule has 1 aliphatic carbocycles. The largest absolute Gasteiger partial charge is 0.380 e. The van der Waals surface area contributed by atoms with Gasteiger partial charge in [-0.1, -0.05) is 19.8 Å². The lowest BCUT2D eigenvalue weighted by molar-refractivity contribution is 0.129. The van der Waals surface area contributed by atoms with Crippen molar-refractivity contribution in [3.63, 3.8) is 0 Å². The fourth-order valence-electron chi connectivity index (χ4n) is 2.02. The SMILES string of the molecule is CCNC(COCC)CSC1CCCC1. The number of rotatable bonds is 8. The predicted octanol–water partition coefficient (Wildman–Crippen LogP) is 2.68. The summed E-state index contributed by atoms with van der Waals surface area (Å²) < 4.78 is 5.49. The van der Waals surface area contributed by atoms with E-state index in [2.05, 4.69) is 30.9 Å². The van der Waals surface area contributed by atoms with Gasteiger partial charge in [-0.2, -0.15) is 11.8 Å². The van der Waals surface area contributed by atoms with Crippen molar-refractivity contribution in [3.05, 3.63) is 0 Å². The molecule has 0 aromatic carbocycles. The first-order chi connectivity index (χ1) is 7.36. The Hall–Kier alpha value is 0.270. The van der Waals surface area contributed by atoms with Gasteiger partial charge in [-0.15, -0.1) is 0 Å². The van der Waals surface area contributed by atoms with Gasteiger partial charge >= 0.3 is 0 Å². The van der Waals surface area contributed by atoms with E-state index in [0.717, 1.165) is 25.0 Å². The van der Waals surface area contributed by atoms with Crippen molar-refractivity contribution in [2.24, 2.45) is 0 Å². The number of hydrogen-bond acceptors (Lipinski definition) is 3. The molecular formula is C12H25NOS. The summed E-state index contributed by atoms with van der Waals surface area (Å²) in [6.45, 7) is 6.97. The van der Waals surface area contributed by atoms with Crippen LogP contribution in [0.1, 0.15) is 39.5 Å². The van der Waals surface area contributed by atoms with Crippen molar-refractivity contribution < 1.29 is 4.74 Å². The van der Waals surface area contributed by atoms with Crippen LogP contribution in [-0.2, 0) is 4.74 Å². The van der Waals surface area contributed by atoms with Gasteiger partial charge < -0.3 is 10.1 Å². The standard InChI is InChI=1S/C12H25NOS/c1-3-13-11(9-14-4-2)10-15-12-7-5-6-8-12/h11-13H,3-10H2,1-2H3. The molecule has 90 valence electrons. The van der Waals surface area contributed by atoms with Gasteiger partial charge in [0.05, 0.1) is 6.61 Å². The average Bonchev–Trinajstić information content (AvgIpc) is 2.75. The molecule has 1 N–H and O–H groups in total. The highest BCUT2D eigenvalue weighted by Gasteiger charge is 2.17. The Balaban J connectivity index is 2.11. The maximum atomic E-state index is 5.49. The van der Waals surface area contributed by atoms with Crippen LogP contribution in [0.15, 0.2) is 0 Å². The third-order valence-electron chi connectivity index (χ3n) is 2.85. The first-order valence-electron chi connectivity index (χ1n) is 6.29. The number of likely N-dealkylation sites (N-methyl/N-ethyl adjacent to an activating group) is 1. The van der Waals surface area contributed by atoms with Crippen LogP contribution >= 0.6 is 11.8 Å². The van der Waals surface area contributed by atoms with E-state index in [-0.39, 0.29) is 0 Å². The molecule has 1 rings (SSSR count). The third-order valence-corrected chi connectivity index (χ3v) is 4.39. The Kier molecular flexibility index (Phi) is 7.49. The molecule has 15 heavy (non-hydrogen) atoms. The normalized spacial score (nSPS) is 19.6. The van der Waals surface area contributed by atoms with Crippen LogP contribution in [0.4, 0.5) is 0 Å². The molecule has 0 aromatic heterocycles. The molecule has 0 bridgehead atoms. The molecule has 0 amide bonds. The van der Waals surface area contributed by atoms with Crippen LogP contribution in [0.5, 0.6) is 0 Å². The van der Waals surface area contributed by atoms with E-state index in [4.69, 9.17) is 4.74 Å². The lowest BCUT2D eigenvalue weighted by Crippen LogP contribution is -2.36. The molecular weight excluding hydrogens is 206 g/mol. The highest BCUT2D eigenvalue weighted by Crippen LogP contribution is 2.29. The second kappa shape index (κ2) is 8.43. The van der Waals surface area contributed by atoms with Crippen molar-refractivity contribution in [3.8, 4) is 0 Å². The van der Waals surface area contributed by atoms with Gasteiger partial charge in [-0.25, -0.2) is 0 Å². The molecule has 0 spiro atoms. The minimum absolute atomic E-state index is 0.542. The van der Waals surface area contributed by atoms with Gasteiger partial charge in [0.2, 0.25) is 0 Å². The smallest absolute Gasteiger partial charge is 0.0627 e. The Morgan fingerprint density at radius 3 is 2.67 bits per heavy atom. The minimum Gasteiger partial charge on any atom is -0.380 e. The van der Waals surface area contributed by atoms with Gasteiger partial charge in [0.25, 0.3) is 0 Å². The summed E-state index contributed by atoms with van der Waals surface area (Å²) in [5.74, 6) is 1.21. The summed E-state index contributed by atoms with van der Waals surface area (Å²) >= 11 is 2.14. The molecule has 0 aromatic rings. The molecule has 1 aliphatic rings. The topological polar surface area (TPSA) is 21.3 Å². The molecule has 0 aliphatic heterocycles. The van der Waals surface area contributed by atoms with Crippen molar-refractivity contribution in [2.75, 3.05) is 25.5 Å². The highest BCUT2D eigenvalue weighted by atomic mass is 32.2. The number of hydrogen-bond donors (Lipinski definition) is 1. The lowest BCUT2D eigenvalue weighted by Gasteiger charge is -2.19. The van der Waals surface area contributed by atoms with Crippen LogP contribution in [0.3, 0.4) is 0 Å². The summed E-state index contributed by atoms with van der Waals surface area (Å²) in [5, 5.41) is 4.42. The van der Waals surface area contributed by atoms with Gasteiger partial charge in [-0.05, 0) is 26.3 Å². The van der Waals surface area contributed by atoms with Crippen LogP contribution in [-0.4, -0.2) is 36.8 Å². The van der Waals surface area contributed by atoms with E-state index in [1.807, 2.05) is 0 Å². The van der Waals surface area contributed by atoms with Crippen LogP contribution in [0.2, 0.25) is 0 Å². The first-order valence-corrected chi connectivity index (χ1v) is 7.34. The second-order valence-electron chi connectivity index (χ2n) is 4.15. The molecule has 1 saturated carbocycles. The van der Waals surface area contributed by atoms with Crippen LogP contribution in [0.25, 0.3) is 0 Å². The van der Waals surface area contributed by atoms with Gasteiger partial charge in [0.1, 0.15) is 0 Å². The van der Waals surface area contributed by atoms with Crippen LogP contribution in [0, 0.1) is 0 Å². The Morgan fingerprint density at radius 1 is 1.33 bits per heavy atom.